The van der Waals surface area contributed by atoms with E-state index in [4.69, 9.17) is 4.74 Å². The van der Waals surface area contributed by atoms with Crippen LogP contribution in [0.15, 0.2) is 66.5 Å². The minimum atomic E-state index is -0.821. The third kappa shape index (κ3) is 4.52. The van der Waals surface area contributed by atoms with E-state index in [1.54, 1.807) is 30.6 Å². The van der Waals surface area contributed by atoms with Gasteiger partial charge in [-0.1, -0.05) is 6.07 Å². The smallest absolute Gasteiger partial charge is 0.300 e. The van der Waals surface area contributed by atoms with Crippen molar-refractivity contribution in [2.24, 2.45) is 0 Å². The summed E-state index contributed by atoms with van der Waals surface area (Å²) in [5, 5.41) is 11.6. The Hall–Kier alpha value is -4.17. The molecule has 8 nitrogen and oxygen atoms in total. The van der Waals surface area contributed by atoms with Gasteiger partial charge in [0.25, 0.3) is 11.7 Å². The number of amides is 1. The molecule has 2 aliphatic heterocycles. The van der Waals surface area contributed by atoms with Crippen molar-refractivity contribution in [2.75, 3.05) is 50.1 Å². The number of nitrogens with zero attached hydrogens (tertiary/aromatic N) is 4. The zero-order valence-corrected chi connectivity index (χ0v) is 22.1. The number of aliphatic hydroxyl groups is 1. The zero-order chi connectivity index (χ0) is 27.0. The van der Waals surface area contributed by atoms with Crippen LogP contribution in [0.1, 0.15) is 28.3 Å². The highest BCUT2D eigenvalue weighted by molar-refractivity contribution is 6.51. The largest absolute Gasteiger partial charge is 0.507 e. The molecule has 1 amide bonds. The third-order valence-electron chi connectivity index (χ3n) is 7.34. The van der Waals surface area contributed by atoms with Gasteiger partial charge < -0.3 is 19.6 Å². The van der Waals surface area contributed by atoms with E-state index in [0.717, 1.165) is 43.0 Å². The summed E-state index contributed by atoms with van der Waals surface area (Å²) in [6.45, 7) is 7.61. The zero-order valence-electron chi connectivity index (χ0n) is 22.1. The topological polar surface area (TPSA) is 86.2 Å². The lowest BCUT2D eigenvalue weighted by atomic mass is 9.94. The number of piperazine rings is 1. The summed E-state index contributed by atoms with van der Waals surface area (Å²) >= 11 is 0. The van der Waals surface area contributed by atoms with Gasteiger partial charge in [0.1, 0.15) is 11.5 Å². The summed E-state index contributed by atoms with van der Waals surface area (Å²) in [5.74, 6) is -1.23. The Morgan fingerprint density at radius 1 is 0.947 bits per heavy atom. The quantitative estimate of drug-likeness (QED) is 0.313. The lowest BCUT2D eigenvalue weighted by Crippen LogP contribution is -2.44. The van der Waals surface area contributed by atoms with Crippen molar-refractivity contribution in [3.63, 3.8) is 0 Å². The Bertz CT molecular complexity index is 1390. The van der Waals surface area contributed by atoms with Gasteiger partial charge in [-0.3, -0.25) is 19.5 Å². The number of hydrogen-bond acceptors (Lipinski definition) is 7. The molecule has 0 aliphatic carbocycles. The maximum atomic E-state index is 13.5. The van der Waals surface area contributed by atoms with Gasteiger partial charge in [0, 0.05) is 49.9 Å². The molecule has 196 valence electrons. The fourth-order valence-corrected chi connectivity index (χ4v) is 5.39. The number of methoxy groups -OCH3 is 1. The summed E-state index contributed by atoms with van der Waals surface area (Å²) in [6.07, 6.45) is 3.23. The molecule has 38 heavy (non-hydrogen) atoms. The molecule has 0 spiro atoms. The summed E-state index contributed by atoms with van der Waals surface area (Å²) in [7, 11) is 3.64. The van der Waals surface area contributed by atoms with Crippen molar-refractivity contribution in [2.45, 2.75) is 19.9 Å². The van der Waals surface area contributed by atoms with Crippen molar-refractivity contribution in [3.8, 4) is 5.75 Å². The normalized spacial score (nSPS) is 19.7. The minimum absolute atomic E-state index is 0.0210. The van der Waals surface area contributed by atoms with Gasteiger partial charge in [0.05, 0.1) is 24.3 Å². The third-order valence-corrected chi connectivity index (χ3v) is 7.34. The van der Waals surface area contributed by atoms with E-state index >= 15 is 0 Å². The number of ether oxygens (including phenoxy) is 1. The van der Waals surface area contributed by atoms with E-state index in [2.05, 4.69) is 21.8 Å². The van der Waals surface area contributed by atoms with E-state index < -0.39 is 17.7 Å². The van der Waals surface area contributed by atoms with E-state index in [0.29, 0.717) is 22.6 Å². The molecule has 0 radical (unpaired) electrons. The molecule has 0 bridgehead atoms. The van der Waals surface area contributed by atoms with Crippen molar-refractivity contribution < 1.29 is 19.4 Å². The highest BCUT2D eigenvalue weighted by Gasteiger charge is 2.47. The van der Waals surface area contributed by atoms with Gasteiger partial charge in [-0.2, -0.15) is 0 Å². The van der Waals surface area contributed by atoms with Crippen LogP contribution in [0.4, 0.5) is 11.4 Å². The monoisotopic (exact) mass is 512 g/mol. The number of rotatable bonds is 5. The summed E-state index contributed by atoms with van der Waals surface area (Å²) < 4.78 is 5.58. The van der Waals surface area contributed by atoms with E-state index in [1.807, 2.05) is 44.2 Å². The molecule has 0 saturated carbocycles. The van der Waals surface area contributed by atoms with Gasteiger partial charge in [0.2, 0.25) is 0 Å². The number of pyridine rings is 1. The summed E-state index contributed by atoms with van der Waals surface area (Å²) in [5.41, 5.74) is 4.45. The first-order chi connectivity index (χ1) is 18.3. The fourth-order valence-electron chi connectivity index (χ4n) is 5.39. The Morgan fingerprint density at radius 3 is 2.21 bits per heavy atom. The van der Waals surface area contributed by atoms with Gasteiger partial charge in [0.15, 0.2) is 0 Å². The van der Waals surface area contributed by atoms with Crippen LogP contribution in [0, 0.1) is 13.8 Å². The van der Waals surface area contributed by atoms with Crippen LogP contribution in [0.25, 0.3) is 5.76 Å². The molecule has 2 aromatic carbocycles. The Labute approximate surface area is 222 Å². The van der Waals surface area contributed by atoms with Crippen LogP contribution in [-0.4, -0.2) is 67.0 Å². The molecule has 8 heteroatoms. The van der Waals surface area contributed by atoms with Crippen LogP contribution < -0.4 is 14.5 Å². The van der Waals surface area contributed by atoms with Crippen LogP contribution in [-0.2, 0) is 9.59 Å². The number of Topliss-reactive ketones (excluding diaryl/α,β-unsaturated/α-hetero) is 1. The minimum Gasteiger partial charge on any atom is -0.507 e. The molecule has 3 aromatic rings. The van der Waals surface area contributed by atoms with Crippen LogP contribution >= 0.6 is 0 Å². The predicted molar refractivity (Wildman–Crippen MR) is 148 cm³/mol. The van der Waals surface area contributed by atoms with Gasteiger partial charge in [-0.15, -0.1) is 0 Å². The van der Waals surface area contributed by atoms with Crippen molar-refractivity contribution in [1.82, 2.24) is 9.88 Å². The van der Waals surface area contributed by atoms with E-state index in [9.17, 15) is 14.7 Å². The number of benzene rings is 2. The van der Waals surface area contributed by atoms with Gasteiger partial charge >= 0.3 is 0 Å². The first kappa shape index (κ1) is 25.5. The molecule has 1 N–H and O–H groups in total. The highest BCUT2D eigenvalue weighted by Crippen LogP contribution is 2.44. The van der Waals surface area contributed by atoms with Crippen molar-refractivity contribution >= 4 is 28.8 Å². The second-order valence-electron chi connectivity index (χ2n) is 9.92. The molecule has 3 heterocycles. The van der Waals surface area contributed by atoms with Crippen LogP contribution in [0.5, 0.6) is 5.75 Å². The van der Waals surface area contributed by atoms with Crippen LogP contribution in [0.2, 0.25) is 0 Å². The molecule has 2 saturated heterocycles. The van der Waals surface area contributed by atoms with Gasteiger partial charge in [-0.25, -0.2) is 0 Å². The van der Waals surface area contributed by atoms with Crippen LogP contribution in [0.3, 0.4) is 0 Å². The molecule has 5 rings (SSSR count). The number of carbonyl (C=O) groups is 2. The molecule has 2 fully saturated rings. The summed E-state index contributed by atoms with van der Waals surface area (Å²) in [6, 6.07) is 14.1. The molecular weight excluding hydrogens is 480 g/mol. The first-order valence-corrected chi connectivity index (χ1v) is 12.7. The predicted octanol–water partition coefficient (Wildman–Crippen LogP) is 4.09. The molecule has 1 unspecified atom stereocenters. The average molecular weight is 513 g/mol. The second-order valence-corrected chi connectivity index (χ2v) is 9.92. The Morgan fingerprint density at radius 2 is 1.58 bits per heavy atom. The standard InChI is InChI=1S/C30H32N4O4/c1-19-17-20(2)29(38-4)24(18-19)27(35)25-26(21-9-11-31-12-10-21)34(30(37)28(25)36)23-7-5-22(6-8-23)33-15-13-32(3)14-16-33/h5-12,17-18,26,35H,13-16H2,1-4H3/b27-25+. The Kier molecular flexibility index (Phi) is 6.91. The highest BCUT2D eigenvalue weighted by atomic mass is 16.5. The SMILES string of the molecule is COc1c(C)cc(C)cc1/C(O)=C1\C(=O)C(=O)N(c2ccc(N3CCN(C)CC3)cc2)C1c1ccncc1. The van der Waals surface area contributed by atoms with Crippen molar-refractivity contribution in [1.29, 1.82) is 0 Å². The van der Waals surface area contributed by atoms with Crippen molar-refractivity contribution in [3.05, 3.63) is 88.8 Å². The van der Waals surface area contributed by atoms with Gasteiger partial charge in [-0.05, 0) is 80.1 Å². The maximum Gasteiger partial charge on any atom is 0.300 e. The lowest BCUT2D eigenvalue weighted by Gasteiger charge is -2.34. The number of anilines is 2. The molecule has 2 aliphatic rings. The molecular formula is C30H32N4O4. The number of hydrogen-bond donors (Lipinski definition) is 1. The Balaban J connectivity index is 1.61. The number of aromatic nitrogens is 1. The number of aliphatic hydroxyl groups excluding tert-OH is 1. The fraction of sp³-hybridized carbons (Fsp3) is 0.300. The summed E-state index contributed by atoms with van der Waals surface area (Å²) in [4.78, 5) is 37.2. The average Bonchev–Trinajstić information content (AvgIpc) is 3.19. The number of aryl methyl sites for hydroxylation is 2. The molecule has 1 atom stereocenters. The number of ketones is 1. The van der Waals surface area contributed by atoms with E-state index in [1.165, 1.54) is 12.0 Å². The lowest BCUT2D eigenvalue weighted by molar-refractivity contribution is -0.132. The second kappa shape index (κ2) is 10.3. The molecule has 1 aromatic heterocycles. The number of likely N-dealkylation sites (N-methyl/N-ethyl adjacent to an activating group) is 1. The van der Waals surface area contributed by atoms with E-state index in [-0.39, 0.29) is 11.3 Å². The maximum absolute atomic E-state index is 13.5. The number of carbonyl (C=O) groups excluding carboxylic acids is 2. The first-order valence-electron chi connectivity index (χ1n) is 12.7.